The number of allylic oxidation sites excluding steroid dienone is 2. The average Bonchev–Trinajstić information content (AvgIpc) is 3.88. The van der Waals surface area contributed by atoms with Gasteiger partial charge in [0.2, 0.25) is 0 Å². The predicted octanol–water partition coefficient (Wildman–Crippen LogP) is 5.81. The number of nitrogens with two attached hydrogens (primary N) is 1. The number of aromatic nitrogens is 1. The normalized spacial score (nSPS) is 26.5. The van der Waals surface area contributed by atoms with Crippen LogP contribution in [0.15, 0.2) is 95.1 Å². The first-order valence-corrected chi connectivity index (χ1v) is 26.2. The highest BCUT2D eigenvalue weighted by Crippen LogP contribution is 2.55. The second-order valence-corrected chi connectivity index (χ2v) is 20.5. The van der Waals surface area contributed by atoms with Gasteiger partial charge in [-0.15, -0.1) is 0 Å². The quantitative estimate of drug-likeness (QED) is 0.0245. The van der Waals surface area contributed by atoms with E-state index in [2.05, 4.69) is 30.8 Å². The van der Waals surface area contributed by atoms with E-state index >= 15 is 0 Å². The Bertz CT molecular complexity index is 3050. The first-order valence-electron chi connectivity index (χ1n) is 26.2. The molecular formula is C58H74N8O14. The summed E-state index contributed by atoms with van der Waals surface area (Å²) in [4.78, 5) is 58.2. The number of ether oxygens (including phenoxy) is 5. The van der Waals surface area contributed by atoms with Gasteiger partial charge in [-0.2, -0.15) is 10.2 Å². The third kappa shape index (κ3) is 14.2. The lowest BCUT2D eigenvalue weighted by Gasteiger charge is -2.38. The van der Waals surface area contributed by atoms with Gasteiger partial charge in [-0.25, -0.2) is 5.43 Å². The number of aromatic hydroxyl groups is 3. The number of likely N-dealkylation sites (N-methyl/N-ethyl adjacent to an activating group) is 1. The Balaban J connectivity index is 0.000000410. The van der Waals surface area contributed by atoms with Gasteiger partial charge in [0, 0.05) is 105 Å². The highest BCUT2D eigenvalue weighted by Gasteiger charge is 2.50. The van der Waals surface area contributed by atoms with Gasteiger partial charge in [0.1, 0.15) is 35.7 Å². The van der Waals surface area contributed by atoms with Crippen LogP contribution in [0.3, 0.4) is 0 Å². The highest BCUT2D eigenvalue weighted by molar-refractivity contribution is 6.24. The van der Waals surface area contributed by atoms with E-state index in [0.29, 0.717) is 24.4 Å². The summed E-state index contributed by atoms with van der Waals surface area (Å²) in [6, 6.07) is 10.7. The zero-order valence-electron chi connectivity index (χ0n) is 47.0. The molecule has 0 spiro atoms. The van der Waals surface area contributed by atoms with Crippen molar-refractivity contribution >= 4 is 52.1 Å². The molecule has 0 radical (unpaired) electrons. The fraction of sp³-hybridized carbons (Fsp3) is 0.431. The number of aliphatic hydroxyl groups excluding tert-OH is 2. The lowest BCUT2D eigenvalue weighted by molar-refractivity contribution is -0.160. The van der Waals surface area contributed by atoms with Crippen LogP contribution in [-0.4, -0.2) is 153 Å². The molecule has 8 rings (SSSR count). The number of hydrogen-bond donors (Lipinski definition) is 8. The number of aryl methyl sites for hydroxylation is 1. The summed E-state index contributed by atoms with van der Waals surface area (Å²) in [6.07, 6.45) is 7.92. The Morgan fingerprint density at radius 3 is 2.21 bits per heavy atom. The maximum absolute atomic E-state index is 14.4. The molecule has 0 unspecified atom stereocenters. The summed E-state index contributed by atoms with van der Waals surface area (Å²) < 4.78 is 29.0. The number of hydrazone groups is 2. The maximum Gasteiger partial charge on any atom is 0.312 e. The molecule has 1 fully saturated rings. The number of nitrogens with zero attached hydrogens (tertiary/aromatic N) is 5. The molecule has 0 aliphatic carbocycles. The minimum Gasteiger partial charge on any atom is -0.507 e. The van der Waals surface area contributed by atoms with Crippen molar-refractivity contribution in [3.63, 3.8) is 0 Å². The standard InChI is InChI=1S/C43H58N4O12.C15H16N4O2/c1-21-12-11-13-22(2)42(55)45-33-28(20-44-47-17-15-46(9)16-18-47)37(52)30-31(38(33)53)36(51)26(6)40-32(30)41(54)43(8,59-40)57-19-14-29(56-10)23(3)39(58-27(7)48)25(5)35(50)24(4)34(21)49;1-11-2-4-13(5-3-11)21-10-14(16)18-19-15(20)12-6-8-17-9-7-12/h11-14,19-21,23-25,29,34-35,39,49-53H,15-18H2,1-10H3,(H,45,55);2-9H,10H2,1H3,(H2,16,18)(H,19,20)/b12-11+,19-14+,22-13-,44-20-;/t21-,23-,24-,25-,29+,34+,35+,39-,43+;/m1./s1. The van der Waals surface area contributed by atoms with Crippen molar-refractivity contribution in [2.24, 2.45) is 39.6 Å². The number of methoxy groups -OCH3 is 1. The predicted molar refractivity (Wildman–Crippen MR) is 300 cm³/mol. The van der Waals surface area contributed by atoms with Gasteiger partial charge < -0.3 is 65.2 Å². The largest absolute Gasteiger partial charge is 0.507 e. The molecule has 2 amide bonds. The third-order valence-corrected chi connectivity index (χ3v) is 14.5. The molecule has 4 aromatic rings. The van der Waals surface area contributed by atoms with Crippen molar-refractivity contribution in [1.82, 2.24) is 20.3 Å². The second-order valence-electron chi connectivity index (χ2n) is 20.5. The molecule has 3 aromatic carbocycles. The molecule has 4 aliphatic rings. The fourth-order valence-corrected chi connectivity index (χ4v) is 9.44. The number of amides is 2. The van der Waals surface area contributed by atoms with E-state index in [4.69, 9.17) is 29.4 Å². The van der Waals surface area contributed by atoms with Crippen molar-refractivity contribution in [3.05, 3.63) is 113 Å². The lowest BCUT2D eigenvalue weighted by atomic mass is 9.78. The number of pyridine rings is 1. The first-order chi connectivity index (χ1) is 37.9. The number of anilines is 1. The van der Waals surface area contributed by atoms with Crippen molar-refractivity contribution in [2.45, 2.75) is 92.5 Å². The molecule has 5 bridgehead atoms. The van der Waals surface area contributed by atoms with E-state index in [1.54, 1.807) is 57.0 Å². The number of phenolic OH excluding ortho intramolecular Hbond substituents is 3. The van der Waals surface area contributed by atoms with E-state index in [-0.39, 0.29) is 62.8 Å². The van der Waals surface area contributed by atoms with Crippen molar-refractivity contribution in [3.8, 4) is 28.7 Å². The van der Waals surface area contributed by atoms with Gasteiger partial charge in [0.15, 0.2) is 11.6 Å². The molecule has 1 saturated heterocycles. The Morgan fingerprint density at radius 2 is 1.57 bits per heavy atom. The van der Waals surface area contributed by atoms with E-state index in [9.17, 15) is 44.7 Å². The summed E-state index contributed by atoms with van der Waals surface area (Å²) in [7, 11) is 3.42. The van der Waals surface area contributed by atoms with Crippen LogP contribution in [-0.2, 0) is 23.8 Å². The van der Waals surface area contributed by atoms with E-state index in [1.165, 1.54) is 71.8 Å². The lowest BCUT2D eigenvalue weighted by Crippen LogP contribution is -2.46. The number of esters is 1. The zero-order valence-corrected chi connectivity index (χ0v) is 47.0. The van der Waals surface area contributed by atoms with E-state index in [0.717, 1.165) is 18.7 Å². The summed E-state index contributed by atoms with van der Waals surface area (Å²) in [6.45, 7) is 17.2. The van der Waals surface area contributed by atoms with E-state index in [1.807, 2.05) is 38.2 Å². The average molecular weight is 1110 g/mol. The smallest absolute Gasteiger partial charge is 0.312 e. The summed E-state index contributed by atoms with van der Waals surface area (Å²) in [5.41, 5.74) is 9.29. The molecule has 9 atom stereocenters. The molecule has 9 N–H and O–H groups in total. The fourth-order valence-electron chi connectivity index (χ4n) is 9.44. The number of ketones is 1. The Kier molecular flexibility index (Phi) is 20.4. The van der Waals surface area contributed by atoms with Gasteiger partial charge in [-0.05, 0) is 58.2 Å². The van der Waals surface area contributed by atoms with Crippen LogP contribution in [0.1, 0.15) is 85.9 Å². The Hall–Kier alpha value is -8.05. The number of phenols is 3. The molecule has 430 valence electrons. The molecule has 4 aliphatic heterocycles. The van der Waals surface area contributed by atoms with Crippen molar-refractivity contribution in [1.29, 1.82) is 0 Å². The molecule has 80 heavy (non-hydrogen) atoms. The summed E-state index contributed by atoms with van der Waals surface area (Å²) in [5.74, 6) is -7.82. The molecule has 22 heteroatoms. The highest BCUT2D eigenvalue weighted by atomic mass is 16.7. The van der Waals surface area contributed by atoms with E-state index < -0.39 is 88.8 Å². The van der Waals surface area contributed by atoms with Crippen molar-refractivity contribution < 1.29 is 68.4 Å². The minimum atomic E-state index is -2.04. The van der Waals surface area contributed by atoms with Crippen molar-refractivity contribution in [2.75, 3.05) is 52.3 Å². The topological polar surface area (TPSA) is 310 Å². The van der Waals surface area contributed by atoms with Crippen LogP contribution in [0.5, 0.6) is 28.7 Å². The van der Waals surface area contributed by atoms with Gasteiger partial charge in [-0.1, -0.05) is 63.6 Å². The number of carbonyl (C=O) groups excluding carboxylic acids is 4. The molecule has 0 saturated carbocycles. The number of piperazine rings is 1. The molecule has 22 nitrogen and oxygen atoms in total. The number of Topliss-reactive ketones (excluding diaryl/α,β-unsaturated/α-hetero) is 1. The number of amidine groups is 1. The third-order valence-electron chi connectivity index (χ3n) is 14.5. The maximum atomic E-state index is 14.4. The summed E-state index contributed by atoms with van der Waals surface area (Å²) >= 11 is 0. The minimum absolute atomic E-state index is 0.0559. The van der Waals surface area contributed by atoms with Crippen LogP contribution in [0.4, 0.5) is 5.69 Å². The zero-order chi connectivity index (χ0) is 58.7. The van der Waals surface area contributed by atoms with Gasteiger partial charge in [-0.3, -0.25) is 29.2 Å². The number of aliphatic hydroxyl groups is 2. The molecule has 5 heterocycles. The van der Waals surface area contributed by atoms with Gasteiger partial charge >= 0.3 is 11.8 Å². The monoisotopic (exact) mass is 1110 g/mol. The Morgan fingerprint density at radius 1 is 0.912 bits per heavy atom. The number of carbonyl (C=O) groups is 4. The van der Waals surface area contributed by atoms with Crippen LogP contribution in [0.25, 0.3) is 10.8 Å². The Labute approximate surface area is 465 Å². The van der Waals surface area contributed by atoms with Crippen LogP contribution >= 0.6 is 0 Å². The first kappa shape index (κ1) is 61.2. The number of benzene rings is 3. The molecule has 1 aromatic heterocycles. The number of fused-ring (bicyclic) bond motifs is 14. The van der Waals surface area contributed by atoms with Gasteiger partial charge in [0.25, 0.3) is 17.6 Å². The SMILES string of the molecule is CO[C@H]1/C=C/O[C@@]2(C)Oc3c(C)c(O)c4c(O)c(c(/C=N\N5CCN(C)CC5)c(O)c4c3C2=O)NC(=O)/C(C)=C\C=C\[C@@H](C)[C@H](O)[C@@H](C)[C@H](O)[C@@H](C)[C@H](OC(C)=O)[C@@H]1C.Cc1ccc(OC/C(N)=N\NC(=O)c2ccncc2)cc1. The number of nitrogens with one attached hydrogen (secondary N) is 2. The summed E-state index contributed by atoms with van der Waals surface area (Å²) in [5, 5.41) is 70.6. The number of hydrogen-bond acceptors (Lipinski definition) is 19. The molecular weight excluding hydrogens is 1030 g/mol. The second kappa shape index (κ2) is 26.7. The van der Waals surface area contributed by atoms with Crippen LogP contribution < -0.4 is 25.9 Å². The number of rotatable bonds is 9. The van der Waals surface area contributed by atoms with Crippen LogP contribution in [0.2, 0.25) is 0 Å². The van der Waals surface area contributed by atoms with Gasteiger partial charge in [0.05, 0.1) is 53.0 Å². The van der Waals surface area contributed by atoms with Crippen LogP contribution in [0, 0.1) is 37.5 Å².